The third-order valence-electron chi connectivity index (χ3n) is 3.42. The Morgan fingerprint density at radius 3 is 2.04 bits per heavy atom. The van der Waals surface area contributed by atoms with Crippen LogP contribution in [0.25, 0.3) is 6.08 Å². The molecule has 2 aromatic carbocycles. The highest BCUT2D eigenvalue weighted by atomic mass is 35.5. The topological polar surface area (TPSA) is 37.3 Å². The van der Waals surface area contributed by atoms with Crippen LogP contribution in [0.2, 0.25) is 20.1 Å². The van der Waals surface area contributed by atoms with E-state index < -0.39 is 18.1 Å². The molecule has 9 heteroatoms. The number of aromatic carboxylic acids is 1. The predicted octanol–water partition coefficient (Wildman–Crippen LogP) is 7.36. The fourth-order valence-corrected chi connectivity index (χ4v) is 3.06. The number of allylic oxidation sites excluding steroid dienone is 1. The second kappa shape index (κ2) is 8.09. The number of carboxylic acid groups (broad SMARTS) is 1. The zero-order valence-electron chi connectivity index (χ0n) is 12.6. The van der Waals surface area contributed by atoms with Gasteiger partial charge in [-0.15, -0.1) is 0 Å². The Morgan fingerprint density at radius 1 is 1.00 bits per heavy atom. The van der Waals surface area contributed by atoms with Crippen LogP contribution in [0.1, 0.15) is 27.4 Å². The summed E-state index contributed by atoms with van der Waals surface area (Å²) in [6.07, 6.45) is -2.52. The van der Waals surface area contributed by atoms with Gasteiger partial charge in [0.05, 0.1) is 31.6 Å². The molecule has 0 radical (unpaired) electrons. The minimum absolute atomic E-state index is 0.0296. The van der Waals surface area contributed by atoms with Crippen LogP contribution in [0.4, 0.5) is 13.2 Å². The molecule has 2 nitrogen and oxygen atoms in total. The van der Waals surface area contributed by atoms with E-state index in [1.807, 2.05) is 0 Å². The second-order valence-electron chi connectivity index (χ2n) is 5.22. The molecule has 0 heterocycles. The number of halogens is 7. The molecule has 1 N–H and O–H groups in total. The van der Waals surface area contributed by atoms with Crippen LogP contribution in [-0.2, 0) is 0 Å². The van der Waals surface area contributed by atoms with E-state index in [-0.39, 0.29) is 31.2 Å². The third-order valence-corrected chi connectivity index (χ3v) is 4.93. The van der Waals surface area contributed by atoms with E-state index in [1.165, 1.54) is 24.3 Å². The highest BCUT2D eigenvalue weighted by Crippen LogP contribution is 2.41. The van der Waals surface area contributed by atoms with E-state index >= 15 is 0 Å². The summed E-state index contributed by atoms with van der Waals surface area (Å²) >= 11 is 23.2. The number of hydrogen-bond donors (Lipinski definition) is 1. The molecule has 1 unspecified atom stereocenters. The van der Waals surface area contributed by atoms with Crippen molar-refractivity contribution in [2.45, 2.75) is 12.1 Å². The van der Waals surface area contributed by atoms with Gasteiger partial charge in [-0.25, -0.2) is 4.79 Å². The van der Waals surface area contributed by atoms with Gasteiger partial charge in [-0.2, -0.15) is 13.2 Å². The first-order valence-electron chi connectivity index (χ1n) is 6.93. The Balaban J connectivity index is 2.42. The zero-order valence-corrected chi connectivity index (χ0v) is 15.6. The molecule has 0 aliphatic carbocycles. The average molecular weight is 444 g/mol. The first kappa shape index (κ1) is 20.9. The highest BCUT2D eigenvalue weighted by molar-refractivity contribution is 6.48. The Kier molecular flexibility index (Phi) is 6.51. The van der Waals surface area contributed by atoms with Gasteiger partial charge in [0.25, 0.3) is 0 Å². The minimum Gasteiger partial charge on any atom is -0.478 e. The Hall–Kier alpha value is -1.40. The van der Waals surface area contributed by atoms with Crippen LogP contribution in [0.3, 0.4) is 0 Å². The SMILES string of the molecule is O=C(O)c1ccc(C=CC(c2cc(Cl)c(Cl)c(Cl)c2)C(F)(F)F)cc1Cl. The summed E-state index contributed by atoms with van der Waals surface area (Å²) in [6, 6.07) is 6.01. The molecule has 0 saturated heterocycles. The molecule has 26 heavy (non-hydrogen) atoms. The molecule has 0 bridgehead atoms. The van der Waals surface area contributed by atoms with Crippen molar-refractivity contribution in [1.82, 2.24) is 0 Å². The summed E-state index contributed by atoms with van der Waals surface area (Å²) in [5.41, 5.74) is -0.0192. The molecule has 0 fully saturated rings. The standard InChI is InChI=1S/C17H9Cl4F3O2/c18-12-5-8(1-3-10(12)16(25)26)2-4-11(17(22,23)24)9-6-13(19)15(21)14(20)7-9/h1-7,11H,(H,25,26). The summed E-state index contributed by atoms with van der Waals surface area (Å²) in [7, 11) is 0. The Morgan fingerprint density at radius 2 is 1.58 bits per heavy atom. The maximum Gasteiger partial charge on any atom is 0.399 e. The van der Waals surface area contributed by atoms with Crippen molar-refractivity contribution >= 4 is 58.4 Å². The van der Waals surface area contributed by atoms with Crippen LogP contribution in [-0.4, -0.2) is 17.3 Å². The molecular weight excluding hydrogens is 435 g/mol. The number of carbonyl (C=O) groups is 1. The lowest BCUT2D eigenvalue weighted by atomic mass is 9.97. The van der Waals surface area contributed by atoms with Crippen LogP contribution < -0.4 is 0 Å². The fraction of sp³-hybridized carbons (Fsp3) is 0.118. The van der Waals surface area contributed by atoms with E-state index in [0.717, 1.165) is 18.2 Å². The number of hydrogen-bond acceptors (Lipinski definition) is 1. The second-order valence-corrected chi connectivity index (χ2v) is 6.82. The van der Waals surface area contributed by atoms with Gasteiger partial charge < -0.3 is 5.11 Å². The van der Waals surface area contributed by atoms with Crippen molar-refractivity contribution < 1.29 is 23.1 Å². The summed E-state index contributed by atoms with van der Waals surface area (Å²) in [5, 5.41) is 8.62. The first-order chi connectivity index (χ1) is 12.0. The fourth-order valence-electron chi connectivity index (χ4n) is 2.18. The van der Waals surface area contributed by atoms with E-state index in [1.54, 1.807) is 0 Å². The maximum absolute atomic E-state index is 13.4. The van der Waals surface area contributed by atoms with E-state index in [2.05, 4.69) is 0 Å². The van der Waals surface area contributed by atoms with Gasteiger partial charge in [-0.05, 0) is 35.4 Å². The molecule has 138 valence electrons. The highest BCUT2D eigenvalue weighted by Gasteiger charge is 2.39. The molecule has 0 spiro atoms. The first-order valence-corrected chi connectivity index (χ1v) is 8.44. The lowest BCUT2D eigenvalue weighted by Gasteiger charge is -2.18. The smallest absolute Gasteiger partial charge is 0.399 e. The van der Waals surface area contributed by atoms with Gasteiger partial charge >= 0.3 is 12.1 Å². The molecule has 0 saturated carbocycles. The molecule has 0 aliphatic heterocycles. The number of carboxylic acids is 1. The summed E-state index contributed by atoms with van der Waals surface area (Å²) < 4.78 is 40.3. The van der Waals surface area contributed by atoms with Crippen LogP contribution in [0.5, 0.6) is 0 Å². The molecule has 2 rings (SSSR count). The molecule has 1 atom stereocenters. The van der Waals surface area contributed by atoms with Crippen molar-refractivity contribution in [3.63, 3.8) is 0 Å². The third kappa shape index (κ3) is 4.86. The predicted molar refractivity (Wildman–Crippen MR) is 97.7 cm³/mol. The van der Waals surface area contributed by atoms with Gasteiger partial charge in [0, 0.05) is 0 Å². The molecule has 0 aliphatic rings. The van der Waals surface area contributed by atoms with Crippen molar-refractivity contribution in [2.75, 3.05) is 0 Å². The molecule has 0 amide bonds. The maximum atomic E-state index is 13.4. The van der Waals surface area contributed by atoms with Crippen LogP contribution in [0, 0.1) is 0 Å². The monoisotopic (exact) mass is 442 g/mol. The van der Waals surface area contributed by atoms with Gasteiger partial charge in [0.15, 0.2) is 0 Å². The van der Waals surface area contributed by atoms with Gasteiger partial charge in [0.2, 0.25) is 0 Å². The Bertz CT molecular complexity index is 856. The Labute approximate surface area is 166 Å². The average Bonchev–Trinajstić information content (AvgIpc) is 2.51. The largest absolute Gasteiger partial charge is 0.478 e. The zero-order chi connectivity index (χ0) is 19.6. The number of rotatable bonds is 4. The van der Waals surface area contributed by atoms with E-state index in [9.17, 15) is 18.0 Å². The van der Waals surface area contributed by atoms with Crippen molar-refractivity contribution in [3.8, 4) is 0 Å². The molecule has 2 aromatic rings. The number of alkyl halides is 3. The lowest BCUT2D eigenvalue weighted by molar-refractivity contribution is -0.139. The summed E-state index contributed by atoms with van der Waals surface area (Å²) in [4.78, 5) is 10.9. The van der Waals surface area contributed by atoms with Crippen LogP contribution >= 0.6 is 46.4 Å². The van der Waals surface area contributed by atoms with Crippen molar-refractivity contribution in [1.29, 1.82) is 0 Å². The minimum atomic E-state index is -4.61. The van der Waals surface area contributed by atoms with E-state index in [4.69, 9.17) is 51.5 Å². The lowest BCUT2D eigenvalue weighted by Crippen LogP contribution is -2.19. The molecular formula is C17H9Cl4F3O2. The van der Waals surface area contributed by atoms with Crippen molar-refractivity contribution in [2.24, 2.45) is 0 Å². The van der Waals surface area contributed by atoms with Gasteiger partial charge in [-0.3, -0.25) is 0 Å². The van der Waals surface area contributed by atoms with Gasteiger partial charge in [0.1, 0.15) is 0 Å². The normalized spacial score (nSPS) is 13.2. The van der Waals surface area contributed by atoms with Crippen LogP contribution in [0.15, 0.2) is 36.4 Å². The van der Waals surface area contributed by atoms with E-state index in [0.29, 0.717) is 5.56 Å². The number of benzene rings is 2. The van der Waals surface area contributed by atoms with Gasteiger partial charge in [-0.1, -0.05) is 64.6 Å². The molecule has 0 aromatic heterocycles. The van der Waals surface area contributed by atoms with Crippen molar-refractivity contribution in [3.05, 3.63) is 73.2 Å². The summed E-state index contributed by atoms with van der Waals surface area (Å²) in [5.74, 6) is -3.23. The quantitative estimate of drug-likeness (QED) is 0.501. The summed E-state index contributed by atoms with van der Waals surface area (Å²) in [6.45, 7) is 0.